The number of amides is 1. The highest BCUT2D eigenvalue weighted by Crippen LogP contribution is 2.34. The first-order valence-electron chi connectivity index (χ1n) is 9.73. The molecule has 1 aliphatic heterocycles. The van der Waals surface area contributed by atoms with Gasteiger partial charge in [-0.25, -0.2) is 0 Å². The van der Waals surface area contributed by atoms with E-state index < -0.39 is 5.97 Å². The Labute approximate surface area is 155 Å². The molecule has 1 saturated heterocycles. The summed E-state index contributed by atoms with van der Waals surface area (Å²) in [6.45, 7) is 3.46. The van der Waals surface area contributed by atoms with Crippen molar-refractivity contribution in [2.45, 2.75) is 51.6 Å². The van der Waals surface area contributed by atoms with Crippen LogP contribution in [0.3, 0.4) is 0 Å². The number of hydrogen-bond donors (Lipinski definition) is 2. The first-order chi connectivity index (χ1) is 12.5. The van der Waals surface area contributed by atoms with Crippen molar-refractivity contribution in [1.82, 2.24) is 5.32 Å². The quantitative estimate of drug-likeness (QED) is 0.844. The van der Waals surface area contributed by atoms with Gasteiger partial charge in [0.15, 0.2) is 0 Å². The number of carbonyl (C=O) groups excluding carboxylic acids is 1. The summed E-state index contributed by atoms with van der Waals surface area (Å²) >= 11 is 0. The second-order valence-electron chi connectivity index (χ2n) is 7.74. The van der Waals surface area contributed by atoms with Crippen LogP contribution in [0.25, 0.3) is 0 Å². The van der Waals surface area contributed by atoms with Gasteiger partial charge in [0, 0.05) is 25.0 Å². The standard InChI is InChI=1S/C21H29NO4/c1-14-4-6-15(7-5-14)19-18(3-2-12-26-19)13-22-20(23)16-8-10-17(11-9-16)21(24)25/h4-7,16-19H,2-3,8-13H2,1H3,(H,22,23)(H,24,25). The maximum Gasteiger partial charge on any atom is 0.306 e. The van der Waals surface area contributed by atoms with Crippen LogP contribution in [0.4, 0.5) is 0 Å². The molecule has 5 nitrogen and oxygen atoms in total. The van der Waals surface area contributed by atoms with Crippen LogP contribution in [0.1, 0.15) is 55.8 Å². The van der Waals surface area contributed by atoms with E-state index in [2.05, 4.69) is 36.5 Å². The van der Waals surface area contributed by atoms with Gasteiger partial charge in [0.05, 0.1) is 12.0 Å². The number of hydrogen-bond acceptors (Lipinski definition) is 3. The fourth-order valence-corrected chi connectivity index (χ4v) is 4.16. The highest BCUT2D eigenvalue weighted by atomic mass is 16.5. The van der Waals surface area contributed by atoms with Gasteiger partial charge in [-0.05, 0) is 51.0 Å². The molecular formula is C21H29NO4. The normalized spacial score (nSPS) is 29.1. The summed E-state index contributed by atoms with van der Waals surface area (Å²) in [7, 11) is 0. The maximum absolute atomic E-state index is 12.5. The second kappa shape index (κ2) is 8.67. The van der Waals surface area contributed by atoms with Crippen LogP contribution < -0.4 is 5.32 Å². The highest BCUT2D eigenvalue weighted by molar-refractivity contribution is 5.79. The van der Waals surface area contributed by atoms with E-state index >= 15 is 0 Å². The van der Waals surface area contributed by atoms with Crippen LogP contribution in [-0.4, -0.2) is 30.1 Å². The molecule has 3 rings (SSSR count). The Hall–Kier alpha value is -1.88. The summed E-state index contributed by atoms with van der Waals surface area (Å²) in [6, 6.07) is 8.44. The smallest absolute Gasteiger partial charge is 0.306 e. The number of aryl methyl sites for hydroxylation is 1. The van der Waals surface area contributed by atoms with Gasteiger partial charge in [-0.1, -0.05) is 29.8 Å². The Bertz CT molecular complexity index is 619. The Morgan fingerprint density at radius 1 is 1.08 bits per heavy atom. The summed E-state index contributed by atoms with van der Waals surface area (Å²) in [5, 5.41) is 12.2. The summed E-state index contributed by atoms with van der Waals surface area (Å²) in [6.07, 6.45) is 4.65. The summed E-state index contributed by atoms with van der Waals surface area (Å²) < 4.78 is 6.02. The van der Waals surface area contributed by atoms with E-state index in [0.717, 1.165) is 19.4 Å². The van der Waals surface area contributed by atoms with E-state index in [1.807, 2.05) is 0 Å². The number of carboxylic acids is 1. The van der Waals surface area contributed by atoms with Crippen LogP contribution in [0, 0.1) is 24.7 Å². The molecule has 1 aromatic rings. The zero-order valence-corrected chi connectivity index (χ0v) is 15.4. The van der Waals surface area contributed by atoms with Crippen molar-refractivity contribution in [3.05, 3.63) is 35.4 Å². The fraction of sp³-hybridized carbons (Fsp3) is 0.619. The van der Waals surface area contributed by atoms with Crippen molar-refractivity contribution in [2.75, 3.05) is 13.2 Å². The first-order valence-corrected chi connectivity index (χ1v) is 9.73. The molecule has 1 aliphatic carbocycles. The number of ether oxygens (including phenoxy) is 1. The van der Waals surface area contributed by atoms with Crippen molar-refractivity contribution in [1.29, 1.82) is 0 Å². The molecule has 1 aromatic carbocycles. The van der Waals surface area contributed by atoms with Gasteiger partial charge >= 0.3 is 5.97 Å². The summed E-state index contributed by atoms with van der Waals surface area (Å²) in [5.41, 5.74) is 2.41. The zero-order valence-electron chi connectivity index (χ0n) is 15.4. The molecule has 1 heterocycles. The lowest BCUT2D eigenvalue weighted by molar-refractivity contribution is -0.144. The monoisotopic (exact) mass is 359 g/mol. The molecule has 0 aromatic heterocycles. The lowest BCUT2D eigenvalue weighted by Gasteiger charge is -2.33. The Kier molecular flexibility index (Phi) is 6.30. The molecule has 0 spiro atoms. The third kappa shape index (κ3) is 4.64. The van der Waals surface area contributed by atoms with Gasteiger partial charge < -0.3 is 15.2 Å². The van der Waals surface area contributed by atoms with E-state index in [1.54, 1.807) is 0 Å². The SMILES string of the molecule is Cc1ccc(C2OCCCC2CNC(=O)C2CCC(C(=O)O)CC2)cc1. The average molecular weight is 359 g/mol. The van der Waals surface area contributed by atoms with Gasteiger partial charge in [0.2, 0.25) is 5.91 Å². The van der Waals surface area contributed by atoms with Gasteiger partial charge in [-0.3, -0.25) is 9.59 Å². The zero-order chi connectivity index (χ0) is 18.5. The van der Waals surface area contributed by atoms with Crippen molar-refractivity contribution in [3.63, 3.8) is 0 Å². The van der Waals surface area contributed by atoms with E-state index in [0.29, 0.717) is 32.2 Å². The van der Waals surface area contributed by atoms with Crippen LogP contribution in [-0.2, 0) is 14.3 Å². The first kappa shape index (κ1) is 18.9. The molecule has 2 fully saturated rings. The predicted molar refractivity (Wildman–Crippen MR) is 98.7 cm³/mol. The number of carboxylic acid groups (broad SMARTS) is 1. The summed E-state index contributed by atoms with van der Waals surface area (Å²) in [4.78, 5) is 23.5. The van der Waals surface area contributed by atoms with E-state index in [1.165, 1.54) is 11.1 Å². The second-order valence-corrected chi connectivity index (χ2v) is 7.74. The van der Waals surface area contributed by atoms with Crippen molar-refractivity contribution < 1.29 is 19.4 Å². The minimum Gasteiger partial charge on any atom is -0.481 e. The topological polar surface area (TPSA) is 75.6 Å². The third-order valence-corrected chi connectivity index (χ3v) is 5.84. The highest BCUT2D eigenvalue weighted by Gasteiger charge is 2.31. The third-order valence-electron chi connectivity index (χ3n) is 5.84. The van der Waals surface area contributed by atoms with E-state index in [4.69, 9.17) is 9.84 Å². The van der Waals surface area contributed by atoms with Gasteiger partial charge in [0.1, 0.15) is 0 Å². The predicted octanol–water partition coefficient (Wildman–Crippen LogP) is 3.47. The number of rotatable bonds is 5. The Morgan fingerprint density at radius 3 is 2.38 bits per heavy atom. The molecule has 2 aliphatic rings. The average Bonchev–Trinajstić information content (AvgIpc) is 2.67. The van der Waals surface area contributed by atoms with Gasteiger partial charge in [-0.2, -0.15) is 0 Å². The fourth-order valence-electron chi connectivity index (χ4n) is 4.16. The number of nitrogens with one attached hydrogen (secondary N) is 1. The lowest BCUT2D eigenvalue weighted by atomic mass is 9.81. The Balaban J connectivity index is 1.53. The van der Waals surface area contributed by atoms with Crippen LogP contribution in [0.15, 0.2) is 24.3 Å². The Morgan fingerprint density at radius 2 is 1.73 bits per heavy atom. The van der Waals surface area contributed by atoms with Crippen molar-refractivity contribution in [2.24, 2.45) is 17.8 Å². The van der Waals surface area contributed by atoms with Gasteiger partial charge in [0.25, 0.3) is 0 Å². The molecule has 2 atom stereocenters. The molecular weight excluding hydrogens is 330 g/mol. The maximum atomic E-state index is 12.5. The summed E-state index contributed by atoms with van der Waals surface area (Å²) in [5.74, 6) is -0.707. The lowest BCUT2D eigenvalue weighted by Crippen LogP contribution is -2.39. The van der Waals surface area contributed by atoms with E-state index in [9.17, 15) is 9.59 Å². The van der Waals surface area contributed by atoms with Crippen LogP contribution in [0.2, 0.25) is 0 Å². The molecule has 5 heteroatoms. The van der Waals surface area contributed by atoms with E-state index in [-0.39, 0.29) is 29.8 Å². The van der Waals surface area contributed by atoms with Gasteiger partial charge in [-0.15, -0.1) is 0 Å². The van der Waals surface area contributed by atoms with Crippen LogP contribution >= 0.6 is 0 Å². The molecule has 142 valence electrons. The number of benzene rings is 1. The molecule has 2 N–H and O–H groups in total. The minimum absolute atomic E-state index is 0.0346. The van der Waals surface area contributed by atoms with Crippen molar-refractivity contribution in [3.8, 4) is 0 Å². The molecule has 1 saturated carbocycles. The van der Waals surface area contributed by atoms with Crippen LogP contribution in [0.5, 0.6) is 0 Å². The van der Waals surface area contributed by atoms with Crippen molar-refractivity contribution >= 4 is 11.9 Å². The molecule has 2 unspecified atom stereocenters. The molecule has 26 heavy (non-hydrogen) atoms. The molecule has 0 bridgehead atoms. The molecule has 0 radical (unpaired) electrons. The number of carbonyl (C=O) groups is 2. The molecule has 1 amide bonds. The number of aliphatic carboxylic acids is 1. The largest absolute Gasteiger partial charge is 0.481 e. The minimum atomic E-state index is -0.732.